The molecule has 0 spiro atoms. The van der Waals surface area contributed by atoms with Crippen molar-refractivity contribution in [2.24, 2.45) is 0 Å². The molecule has 9 heteroatoms. The van der Waals surface area contributed by atoms with Crippen molar-refractivity contribution in [1.29, 1.82) is 0 Å². The molecule has 0 aliphatic carbocycles. The third kappa shape index (κ3) is 5.78. The van der Waals surface area contributed by atoms with Gasteiger partial charge in [0, 0.05) is 18.7 Å². The van der Waals surface area contributed by atoms with Crippen LogP contribution < -0.4 is 15.4 Å². The topological polar surface area (TPSA) is 111 Å². The zero-order valence-corrected chi connectivity index (χ0v) is 13.7. The predicted molar refractivity (Wildman–Crippen MR) is 90.4 cm³/mol. The largest absolute Gasteiger partial charge is 0.482 e. The highest BCUT2D eigenvalue weighted by Gasteiger charge is 2.13. The minimum absolute atomic E-state index is 0.00414. The summed E-state index contributed by atoms with van der Waals surface area (Å²) in [6.45, 7) is -0.189. The van der Waals surface area contributed by atoms with E-state index in [1.165, 1.54) is 12.1 Å². The number of hydrogen-bond acceptors (Lipinski definition) is 5. The van der Waals surface area contributed by atoms with Gasteiger partial charge < -0.3 is 10.1 Å². The average Bonchev–Trinajstić information content (AvgIpc) is 2.59. The lowest BCUT2D eigenvalue weighted by atomic mass is 10.2. The van der Waals surface area contributed by atoms with Gasteiger partial charge in [0.25, 0.3) is 11.6 Å². The van der Waals surface area contributed by atoms with Gasteiger partial charge in [-0.3, -0.25) is 20.2 Å². The number of urea groups is 1. The van der Waals surface area contributed by atoms with Crippen LogP contribution in [-0.2, 0) is 11.3 Å². The van der Waals surface area contributed by atoms with Crippen LogP contribution in [0.4, 0.5) is 10.5 Å². The van der Waals surface area contributed by atoms with Crippen LogP contribution >= 0.6 is 11.6 Å². The van der Waals surface area contributed by atoms with Crippen LogP contribution in [-0.4, -0.2) is 23.5 Å². The standard InChI is InChI=1S/C16H14ClN3O5/c17-13-8-12(20(23)24)6-7-14(13)25-10-15(21)19-16(22)18-9-11-4-2-1-3-5-11/h1-8H,9-10H2,(H2,18,19,21,22). The molecule has 0 radical (unpaired) electrons. The van der Waals surface area contributed by atoms with Gasteiger partial charge in [0.2, 0.25) is 0 Å². The van der Waals surface area contributed by atoms with Gasteiger partial charge in [-0.15, -0.1) is 0 Å². The zero-order chi connectivity index (χ0) is 18.2. The minimum Gasteiger partial charge on any atom is -0.482 e. The fraction of sp³-hybridized carbons (Fsp3) is 0.125. The Hall–Kier alpha value is -3.13. The number of halogens is 1. The summed E-state index contributed by atoms with van der Waals surface area (Å²) in [4.78, 5) is 33.3. The number of nitrogens with one attached hydrogen (secondary N) is 2. The molecular weight excluding hydrogens is 350 g/mol. The van der Waals surface area contributed by atoms with Gasteiger partial charge >= 0.3 is 6.03 Å². The lowest BCUT2D eigenvalue weighted by Gasteiger charge is -2.09. The molecule has 0 unspecified atom stereocenters. The van der Waals surface area contributed by atoms with E-state index in [0.717, 1.165) is 11.6 Å². The Morgan fingerprint density at radius 1 is 1.16 bits per heavy atom. The normalized spacial score (nSPS) is 9.96. The molecule has 2 N–H and O–H groups in total. The van der Waals surface area contributed by atoms with Gasteiger partial charge in [0.1, 0.15) is 5.75 Å². The van der Waals surface area contributed by atoms with E-state index in [9.17, 15) is 19.7 Å². The van der Waals surface area contributed by atoms with Gasteiger partial charge in [-0.05, 0) is 11.6 Å². The van der Waals surface area contributed by atoms with Gasteiger partial charge in [-0.1, -0.05) is 41.9 Å². The van der Waals surface area contributed by atoms with E-state index < -0.39 is 23.5 Å². The van der Waals surface area contributed by atoms with Crippen LogP contribution in [0.2, 0.25) is 5.02 Å². The maximum Gasteiger partial charge on any atom is 0.321 e. The van der Waals surface area contributed by atoms with Crippen LogP contribution in [0, 0.1) is 10.1 Å². The Labute approximate surface area is 147 Å². The molecule has 0 heterocycles. The van der Waals surface area contributed by atoms with E-state index in [2.05, 4.69) is 10.6 Å². The number of amides is 3. The number of hydrogen-bond donors (Lipinski definition) is 2. The molecule has 2 rings (SSSR count). The van der Waals surface area contributed by atoms with Gasteiger partial charge in [-0.25, -0.2) is 4.79 Å². The molecule has 130 valence electrons. The SMILES string of the molecule is O=C(COc1ccc([N+](=O)[O-])cc1Cl)NC(=O)NCc1ccccc1. The van der Waals surface area contributed by atoms with Crippen molar-refractivity contribution in [3.05, 3.63) is 69.2 Å². The second-order valence-electron chi connectivity index (χ2n) is 4.88. The number of rotatable bonds is 6. The monoisotopic (exact) mass is 363 g/mol. The number of nitrogens with zero attached hydrogens (tertiary/aromatic N) is 1. The highest BCUT2D eigenvalue weighted by Crippen LogP contribution is 2.28. The van der Waals surface area contributed by atoms with E-state index >= 15 is 0 Å². The van der Waals surface area contributed by atoms with Crippen LogP contribution in [0.3, 0.4) is 0 Å². The third-order valence-corrected chi connectivity index (χ3v) is 3.33. The van der Waals surface area contributed by atoms with Crippen LogP contribution in [0.5, 0.6) is 5.75 Å². The Kier molecular flexibility index (Phi) is 6.30. The quantitative estimate of drug-likeness (QED) is 0.605. The first-order valence-corrected chi connectivity index (χ1v) is 7.52. The number of carbonyl (C=O) groups excluding carboxylic acids is 2. The van der Waals surface area contributed by atoms with Crippen LogP contribution in [0.1, 0.15) is 5.56 Å². The first-order valence-electron chi connectivity index (χ1n) is 7.14. The summed E-state index contributed by atoms with van der Waals surface area (Å²) in [5, 5.41) is 15.2. The molecule has 25 heavy (non-hydrogen) atoms. The summed E-state index contributed by atoms with van der Waals surface area (Å²) in [6, 6.07) is 12.1. The molecule has 0 saturated heterocycles. The third-order valence-electron chi connectivity index (χ3n) is 3.03. The molecule has 0 aliphatic rings. The fourth-order valence-corrected chi connectivity index (χ4v) is 2.08. The van der Waals surface area contributed by atoms with Crippen molar-refractivity contribution < 1.29 is 19.2 Å². The van der Waals surface area contributed by atoms with E-state index in [1.54, 1.807) is 0 Å². The van der Waals surface area contributed by atoms with E-state index in [0.29, 0.717) is 0 Å². The van der Waals surface area contributed by atoms with Crippen molar-refractivity contribution in [1.82, 2.24) is 10.6 Å². The smallest absolute Gasteiger partial charge is 0.321 e. The molecule has 0 fully saturated rings. The highest BCUT2D eigenvalue weighted by molar-refractivity contribution is 6.32. The van der Waals surface area contributed by atoms with Gasteiger partial charge in [0.05, 0.1) is 9.95 Å². The molecule has 0 atom stereocenters. The summed E-state index contributed by atoms with van der Waals surface area (Å²) in [5.41, 5.74) is 0.695. The number of imide groups is 1. The number of ether oxygens (including phenoxy) is 1. The second-order valence-corrected chi connectivity index (χ2v) is 5.28. The molecule has 3 amide bonds. The van der Waals surface area contributed by atoms with Gasteiger partial charge in [0.15, 0.2) is 6.61 Å². The first kappa shape index (κ1) is 18.2. The molecule has 0 bridgehead atoms. The summed E-state index contributed by atoms with van der Waals surface area (Å²) in [7, 11) is 0. The van der Waals surface area contributed by atoms with Gasteiger partial charge in [-0.2, -0.15) is 0 Å². The van der Waals surface area contributed by atoms with Crippen molar-refractivity contribution in [3.63, 3.8) is 0 Å². The van der Waals surface area contributed by atoms with E-state index in [4.69, 9.17) is 16.3 Å². The lowest BCUT2D eigenvalue weighted by molar-refractivity contribution is -0.384. The lowest BCUT2D eigenvalue weighted by Crippen LogP contribution is -2.41. The summed E-state index contributed by atoms with van der Waals surface area (Å²) < 4.78 is 5.15. The predicted octanol–water partition coefficient (Wildman–Crippen LogP) is 2.65. The van der Waals surface area contributed by atoms with Crippen molar-refractivity contribution >= 4 is 29.2 Å². The molecule has 0 aromatic heterocycles. The fourth-order valence-electron chi connectivity index (χ4n) is 1.85. The van der Waals surface area contributed by atoms with Crippen LogP contribution in [0.25, 0.3) is 0 Å². The van der Waals surface area contributed by atoms with Crippen molar-refractivity contribution in [2.45, 2.75) is 6.54 Å². The highest BCUT2D eigenvalue weighted by atomic mass is 35.5. The van der Waals surface area contributed by atoms with Crippen molar-refractivity contribution in [2.75, 3.05) is 6.61 Å². The molecule has 8 nitrogen and oxygen atoms in total. The first-order chi connectivity index (χ1) is 12.0. The summed E-state index contributed by atoms with van der Waals surface area (Å²) >= 11 is 5.84. The maximum atomic E-state index is 11.7. The summed E-state index contributed by atoms with van der Waals surface area (Å²) in [5.74, 6) is -0.577. The number of non-ortho nitro benzene ring substituents is 1. The summed E-state index contributed by atoms with van der Waals surface area (Å²) in [6.07, 6.45) is 0. The Balaban J connectivity index is 1.78. The Morgan fingerprint density at radius 2 is 1.88 bits per heavy atom. The molecule has 0 saturated carbocycles. The van der Waals surface area contributed by atoms with E-state index in [1.807, 2.05) is 30.3 Å². The Morgan fingerprint density at radius 3 is 2.52 bits per heavy atom. The number of carbonyl (C=O) groups is 2. The van der Waals surface area contributed by atoms with Crippen molar-refractivity contribution in [3.8, 4) is 5.75 Å². The van der Waals surface area contributed by atoms with Crippen LogP contribution in [0.15, 0.2) is 48.5 Å². The second kappa shape index (κ2) is 8.65. The molecule has 2 aromatic carbocycles. The Bertz CT molecular complexity index is 783. The molecule has 0 aliphatic heterocycles. The maximum absolute atomic E-state index is 11.7. The molecule has 2 aromatic rings. The average molecular weight is 364 g/mol. The van der Waals surface area contributed by atoms with E-state index in [-0.39, 0.29) is 23.0 Å². The number of benzene rings is 2. The minimum atomic E-state index is -0.681. The number of nitro groups is 1. The molecular formula is C16H14ClN3O5. The zero-order valence-electron chi connectivity index (χ0n) is 12.9. The number of nitro benzene ring substituents is 1.